The average molecular weight is 1030 g/mol. The van der Waals surface area contributed by atoms with Crippen molar-refractivity contribution < 1.29 is 35.1 Å². The van der Waals surface area contributed by atoms with E-state index in [0.717, 1.165) is 34.4 Å². The Hall–Kier alpha value is -6.94. The monoisotopic (exact) mass is 1020 g/mol. The van der Waals surface area contributed by atoms with Crippen molar-refractivity contribution >= 4 is 89.1 Å². The smallest absolute Gasteiger partial charge is 0.364 e. The lowest BCUT2D eigenvalue weighted by molar-refractivity contribution is -0.138. The number of alkyl halides is 6. The molecule has 6 heterocycles. The first-order valence-corrected chi connectivity index (χ1v) is 20.8. The Labute approximate surface area is 390 Å². The number of para-hydroxylation sites is 2. The van der Waals surface area contributed by atoms with Crippen molar-refractivity contribution in [2.45, 2.75) is 25.4 Å². The molecular formula is C44H27BrCl2F8N12. The summed E-state index contributed by atoms with van der Waals surface area (Å²) in [7, 11) is 0. The molecule has 340 valence electrons. The van der Waals surface area contributed by atoms with E-state index in [1.807, 2.05) is 0 Å². The van der Waals surface area contributed by atoms with Crippen LogP contribution in [0.2, 0.25) is 10.0 Å². The van der Waals surface area contributed by atoms with Crippen LogP contribution >= 0.6 is 39.1 Å². The first-order chi connectivity index (χ1) is 32.0. The third-order valence-corrected chi connectivity index (χ3v) is 11.1. The normalized spacial score (nSPS) is 11.7. The Morgan fingerprint density at radius 1 is 0.597 bits per heavy atom. The second kappa shape index (κ2) is 19.1. The largest absolute Gasteiger partial charge is 0.417 e. The van der Waals surface area contributed by atoms with Crippen molar-refractivity contribution in [2.24, 2.45) is 5.73 Å². The van der Waals surface area contributed by atoms with Crippen LogP contribution in [0, 0.1) is 11.6 Å². The van der Waals surface area contributed by atoms with Crippen LogP contribution in [0.1, 0.15) is 22.3 Å². The third-order valence-electron chi connectivity index (χ3n) is 9.90. The number of H-pyrrole nitrogens is 2. The van der Waals surface area contributed by atoms with Crippen LogP contribution in [-0.4, -0.2) is 49.8 Å². The average Bonchev–Trinajstić information content (AvgIpc) is 3.99. The Morgan fingerprint density at radius 2 is 1.09 bits per heavy atom. The number of fused-ring (bicyclic) bond motifs is 4. The van der Waals surface area contributed by atoms with E-state index in [4.69, 9.17) is 28.9 Å². The summed E-state index contributed by atoms with van der Waals surface area (Å²) in [6, 6.07) is 17.9. The van der Waals surface area contributed by atoms with E-state index in [-0.39, 0.29) is 40.6 Å². The van der Waals surface area contributed by atoms with Gasteiger partial charge in [-0.2, -0.15) is 26.3 Å². The molecule has 0 atom stereocenters. The molecule has 0 saturated heterocycles. The van der Waals surface area contributed by atoms with E-state index in [0.29, 0.717) is 72.7 Å². The van der Waals surface area contributed by atoms with Gasteiger partial charge in [0.2, 0.25) is 0 Å². The number of nitrogens with zero attached hydrogens (tertiary/aromatic N) is 8. The number of hydrogen-bond acceptors (Lipinski definition) is 10. The van der Waals surface area contributed by atoms with Crippen LogP contribution in [0.5, 0.6) is 0 Å². The van der Waals surface area contributed by atoms with Crippen LogP contribution in [0.15, 0.2) is 115 Å². The van der Waals surface area contributed by atoms with E-state index in [2.05, 4.69) is 71.1 Å². The van der Waals surface area contributed by atoms with Crippen molar-refractivity contribution in [2.75, 3.05) is 5.32 Å². The summed E-state index contributed by atoms with van der Waals surface area (Å²) in [5.74, 6) is -1.19. The van der Waals surface area contributed by atoms with Crippen molar-refractivity contribution in [3.8, 4) is 22.5 Å². The number of imidazole rings is 2. The maximum absolute atomic E-state index is 14.1. The minimum Gasteiger partial charge on any atom is -0.364 e. The maximum atomic E-state index is 14.1. The quantitative estimate of drug-likeness (QED) is 0.0927. The summed E-state index contributed by atoms with van der Waals surface area (Å²) in [5.41, 5.74) is 6.81. The number of aromatic amines is 2. The number of rotatable bonds is 6. The lowest BCUT2D eigenvalue weighted by Crippen LogP contribution is -2.10. The molecule has 5 N–H and O–H groups in total. The molecular weight excluding hydrogens is 999 g/mol. The molecule has 6 aromatic heterocycles. The Balaban J connectivity index is 0.000000155. The molecule has 0 aliphatic rings. The Kier molecular flexibility index (Phi) is 13.3. The van der Waals surface area contributed by atoms with Gasteiger partial charge in [0.05, 0.1) is 56.2 Å². The standard InChI is InChI=1S/C22H13ClF4N6.C17H11ClF4N2.C5H3BrN4/c23-16-3-1-2-11-6-12(8-28-20-19-21(30-9-29-19)32-10-31-20)17(33-18(11)16)14-7-13(24)4-5-15(14)22(25,26)27;18-14-3-1-2-9-6-10(8-23)15(24-16(9)14)12-7-11(19)4-5-13(12)17(20,21)22;6-4-3-5(9-1-7-3)10-2-8-4/h1-7,9-10H,8H2,(H2,28,29,30,31,32);1-7H,8,23H2;1-2H,(H,7,8,9,10). The Bertz CT molecular complexity index is 3440. The van der Waals surface area contributed by atoms with Gasteiger partial charge in [-0.05, 0) is 87.7 Å². The summed E-state index contributed by atoms with van der Waals surface area (Å²) < 4.78 is 110. The molecule has 0 spiro atoms. The van der Waals surface area contributed by atoms with Gasteiger partial charge in [-0.1, -0.05) is 47.5 Å². The molecule has 0 bridgehead atoms. The van der Waals surface area contributed by atoms with Gasteiger partial charge in [0, 0.05) is 35.0 Å². The van der Waals surface area contributed by atoms with Crippen molar-refractivity contribution in [3.63, 3.8) is 0 Å². The number of aromatic nitrogens is 10. The second-order valence-electron chi connectivity index (χ2n) is 14.1. The van der Waals surface area contributed by atoms with Gasteiger partial charge in [0.1, 0.15) is 39.9 Å². The lowest BCUT2D eigenvalue weighted by atomic mass is 9.98. The van der Waals surface area contributed by atoms with Gasteiger partial charge in [-0.3, -0.25) is 0 Å². The van der Waals surface area contributed by atoms with Gasteiger partial charge in [0.25, 0.3) is 0 Å². The topological polar surface area (TPSA) is 173 Å². The summed E-state index contributed by atoms with van der Waals surface area (Å²) in [6.45, 7) is 0.00231. The first-order valence-electron chi connectivity index (χ1n) is 19.3. The van der Waals surface area contributed by atoms with Crippen molar-refractivity contribution in [1.29, 1.82) is 0 Å². The highest BCUT2D eigenvalue weighted by Gasteiger charge is 2.36. The fourth-order valence-electron chi connectivity index (χ4n) is 6.90. The summed E-state index contributed by atoms with van der Waals surface area (Å²) in [5, 5.41) is 4.92. The molecule has 0 saturated carbocycles. The van der Waals surface area contributed by atoms with Crippen LogP contribution in [0.4, 0.5) is 40.9 Å². The molecule has 0 amide bonds. The molecule has 23 heteroatoms. The molecule has 10 aromatic rings. The van der Waals surface area contributed by atoms with E-state index >= 15 is 0 Å². The van der Waals surface area contributed by atoms with Gasteiger partial charge in [0.15, 0.2) is 17.1 Å². The molecule has 0 fully saturated rings. The fraction of sp³-hybridized carbons (Fsp3) is 0.0909. The Morgan fingerprint density at radius 3 is 1.61 bits per heavy atom. The minimum absolute atomic E-state index is 0.0232. The third kappa shape index (κ3) is 10.1. The summed E-state index contributed by atoms with van der Waals surface area (Å²) in [4.78, 5) is 38.5. The zero-order chi connectivity index (χ0) is 47.6. The second-order valence-corrected chi connectivity index (χ2v) is 15.7. The van der Waals surface area contributed by atoms with Gasteiger partial charge >= 0.3 is 12.4 Å². The summed E-state index contributed by atoms with van der Waals surface area (Å²) in [6.07, 6.45) is -3.53. The van der Waals surface area contributed by atoms with Gasteiger partial charge in [-0.15, -0.1) is 0 Å². The number of nitrogens with two attached hydrogens (primary N) is 1. The highest BCUT2D eigenvalue weighted by atomic mass is 79.9. The number of benzene rings is 4. The van der Waals surface area contributed by atoms with Crippen molar-refractivity contribution in [3.05, 3.63) is 159 Å². The molecule has 10 rings (SSSR count). The van der Waals surface area contributed by atoms with Gasteiger partial charge in [-0.25, -0.2) is 48.7 Å². The molecule has 0 aliphatic heterocycles. The minimum atomic E-state index is -4.71. The first kappa shape index (κ1) is 46.6. The molecule has 0 aliphatic carbocycles. The van der Waals surface area contributed by atoms with E-state index in [1.165, 1.54) is 19.0 Å². The molecule has 12 nitrogen and oxygen atoms in total. The van der Waals surface area contributed by atoms with Gasteiger partial charge < -0.3 is 21.0 Å². The lowest BCUT2D eigenvalue weighted by Gasteiger charge is -2.17. The van der Waals surface area contributed by atoms with Crippen molar-refractivity contribution in [1.82, 2.24) is 49.8 Å². The van der Waals surface area contributed by atoms with E-state index in [1.54, 1.807) is 54.9 Å². The zero-order valence-corrected chi connectivity index (χ0v) is 36.7. The highest BCUT2D eigenvalue weighted by molar-refractivity contribution is 9.10. The molecule has 0 radical (unpaired) electrons. The predicted octanol–water partition coefficient (Wildman–Crippen LogP) is 12.3. The molecule has 0 unspecified atom stereocenters. The highest BCUT2D eigenvalue weighted by Crippen LogP contribution is 2.41. The predicted molar refractivity (Wildman–Crippen MR) is 241 cm³/mol. The number of halogens is 11. The van der Waals surface area contributed by atoms with Crippen LogP contribution < -0.4 is 11.1 Å². The van der Waals surface area contributed by atoms with Crippen LogP contribution in [-0.2, 0) is 25.4 Å². The molecule has 4 aromatic carbocycles. The fourth-order valence-corrected chi connectivity index (χ4v) is 7.73. The molecule has 67 heavy (non-hydrogen) atoms. The zero-order valence-electron chi connectivity index (χ0n) is 33.6. The maximum Gasteiger partial charge on any atom is 0.417 e. The van der Waals surface area contributed by atoms with Crippen LogP contribution in [0.25, 0.3) is 66.6 Å². The summed E-state index contributed by atoms with van der Waals surface area (Å²) >= 11 is 15.6. The SMILES string of the molecule is Brc1ncnc2nc[nH]c12.Fc1ccc(C(F)(F)F)c(-c2nc3c(Cl)cccc3cc2CNc2ncnc3nc[nH]c23)c1.NCc1cc2cccc(Cl)c2nc1-c1cc(F)ccc1C(F)(F)F. The van der Waals surface area contributed by atoms with Crippen LogP contribution in [0.3, 0.4) is 0 Å². The van der Waals surface area contributed by atoms with E-state index < -0.39 is 35.1 Å². The number of hydrogen-bond donors (Lipinski definition) is 4. The van der Waals surface area contributed by atoms with E-state index in [9.17, 15) is 35.1 Å². The number of anilines is 1. The number of pyridine rings is 2. The number of nitrogens with one attached hydrogen (secondary N) is 3.